The van der Waals surface area contributed by atoms with Crippen molar-refractivity contribution in [1.29, 1.82) is 5.26 Å². The highest BCUT2D eigenvalue weighted by molar-refractivity contribution is 7.16. The zero-order chi connectivity index (χ0) is 18.2. The van der Waals surface area contributed by atoms with Gasteiger partial charge < -0.3 is 5.32 Å². The van der Waals surface area contributed by atoms with E-state index in [1.165, 1.54) is 4.88 Å². The van der Waals surface area contributed by atoms with Crippen LogP contribution >= 0.6 is 11.3 Å². The summed E-state index contributed by atoms with van der Waals surface area (Å²) in [6, 6.07) is 9.83. The van der Waals surface area contributed by atoms with E-state index in [9.17, 15) is 10.1 Å². The summed E-state index contributed by atoms with van der Waals surface area (Å²) in [5, 5.41) is 13.3. The Morgan fingerprint density at radius 1 is 1.36 bits per heavy atom. The molecule has 25 heavy (non-hydrogen) atoms. The summed E-state index contributed by atoms with van der Waals surface area (Å²) in [5.74, 6) is 0.469. The summed E-state index contributed by atoms with van der Waals surface area (Å²) in [5.41, 5.74) is 3.75. The molecule has 0 unspecified atom stereocenters. The molecule has 130 valence electrons. The van der Waals surface area contributed by atoms with Gasteiger partial charge in [-0.1, -0.05) is 38.5 Å². The summed E-state index contributed by atoms with van der Waals surface area (Å²) in [6.07, 6.45) is 3.03. The first-order valence-corrected chi connectivity index (χ1v) is 9.54. The third-order valence-corrected chi connectivity index (χ3v) is 6.28. The molecule has 4 heteroatoms. The highest BCUT2D eigenvalue weighted by Crippen LogP contribution is 2.44. The van der Waals surface area contributed by atoms with Crippen LogP contribution in [0.5, 0.6) is 0 Å². The van der Waals surface area contributed by atoms with Crippen LogP contribution in [0.25, 0.3) is 0 Å². The minimum absolute atomic E-state index is 0.147. The summed E-state index contributed by atoms with van der Waals surface area (Å²) in [6.45, 7) is 8.81. The molecule has 1 aliphatic carbocycles. The maximum absolute atomic E-state index is 12.6. The van der Waals surface area contributed by atoms with E-state index in [2.05, 4.69) is 32.2 Å². The fourth-order valence-electron chi connectivity index (χ4n) is 3.49. The quantitative estimate of drug-likeness (QED) is 0.794. The van der Waals surface area contributed by atoms with Crippen molar-refractivity contribution >= 4 is 22.2 Å². The number of amides is 1. The molecule has 0 aliphatic heterocycles. The van der Waals surface area contributed by atoms with E-state index in [1.54, 1.807) is 17.4 Å². The zero-order valence-electron chi connectivity index (χ0n) is 15.3. The molecule has 0 saturated carbocycles. The summed E-state index contributed by atoms with van der Waals surface area (Å²) in [7, 11) is 0. The number of hydrogen-bond donors (Lipinski definition) is 1. The first kappa shape index (κ1) is 17.7. The third kappa shape index (κ3) is 3.62. The number of hydrogen-bond acceptors (Lipinski definition) is 3. The standard InChI is InChI=1S/C21H24N2OS/c1-13-6-5-7-14(10-13)19(24)23-20-17(12-22)16-9-8-15(21(2,3)4)11-18(16)25-20/h5-7,10,15H,8-9,11H2,1-4H3,(H,23,24)/t15-/m1/s1. The molecular weight excluding hydrogens is 328 g/mol. The Labute approximate surface area is 153 Å². The first-order valence-electron chi connectivity index (χ1n) is 8.72. The van der Waals surface area contributed by atoms with Gasteiger partial charge in [0.25, 0.3) is 5.91 Å². The SMILES string of the molecule is Cc1cccc(C(=O)Nc2sc3c(c2C#N)CC[C@@H](C(C)(C)C)C3)c1. The molecule has 0 fully saturated rings. The monoisotopic (exact) mass is 352 g/mol. The lowest BCUT2D eigenvalue weighted by Crippen LogP contribution is -2.26. The highest BCUT2D eigenvalue weighted by Gasteiger charge is 2.32. The topological polar surface area (TPSA) is 52.9 Å². The van der Waals surface area contributed by atoms with E-state index in [0.29, 0.717) is 22.0 Å². The lowest BCUT2D eigenvalue weighted by molar-refractivity contribution is 0.102. The molecule has 2 aromatic rings. The van der Waals surface area contributed by atoms with Crippen LogP contribution < -0.4 is 5.32 Å². The average molecular weight is 353 g/mol. The van der Waals surface area contributed by atoms with Crippen LogP contribution in [0, 0.1) is 29.6 Å². The molecular formula is C21H24N2OS. The molecule has 1 atom stereocenters. The molecule has 3 nitrogen and oxygen atoms in total. The number of benzene rings is 1. The van der Waals surface area contributed by atoms with Crippen LogP contribution in [0.2, 0.25) is 0 Å². The third-order valence-electron chi connectivity index (χ3n) is 5.11. The molecule has 0 spiro atoms. The number of fused-ring (bicyclic) bond motifs is 1. The van der Waals surface area contributed by atoms with Crippen molar-refractivity contribution in [3.8, 4) is 6.07 Å². The van der Waals surface area contributed by atoms with Gasteiger partial charge in [0.1, 0.15) is 11.1 Å². The zero-order valence-corrected chi connectivity index (χ0v) is 16.1. The number of nitrogens with zero attached hydrogens (tertiary/aromatic N) is 1. The van der Waals surface area contributed by atoms with Crippen LogP contribution in [0.4, 0.5) is 5.00 Å². The molecule has 1 N–H and O–H groups in total. The van der Waals surface area contributed by atoms with E-state index in [1.807, 2.05) is 25.1 Å². The van der Waals surface area contributed by atoms with Crippen LogP contribution in [0.1, 0.15) is 59.1 Å². The smallest absolute Gasteiger partial charge is 0.256 e. The molecule has 1 heterocycles. The van der Waals surface area contributed by atoms with Gasteiger partial charge in [-0.15, -0.1) is 11.3 Å². The van der Waals surface area contributed by atoms with Crippen molar-refractivity contribution in [2.24, 2.45) is 11.3 Å². The lowest BCUT2D eigenvalue weighted by atomic mass is 9.72. The number of nitrogens with one attached hydrogen (secondary N) is 1. The Morgan fingerprint density at radius 3 is 2.76 bits per heavy atom. The number of carbonyl (C=O) groups is 1. The van der Waals surface area contributed by atoms with Crippen LogP contribution in [0.15, 0.2) is 24.3 Å². The highest BCUT2D eigenvalue weighted by atomic mass is 32.1. The van der Waals surface area contributed by atoms with Crippen molar-refractivity contribution in [2.75, 3.05) is 5.32 Å². The van der Waals surface area contributed by atoms with E-state index in [4.69, 9.17) is 0 Å². The number of thiophene rings is 1. The largest absolute Gasteiger partial charge is 0.312 e. The Kier molecular flexibility index (Phi) is 4.71. The predicted molar refractivity (Wildman–Crippen MR) is 103 cm³/mol. The van der Waals surface area contributed by atoms with Gasteiger partial charge in [-0.2, -0.15) is 5.26 Å². The van der Waals surface area contributed by atoms with Crippen molar-refractivity contribution < 1.29 is 4.79 Å². The van der Waals surface area contributed by atoms with E-state index in [-0.39, 0.29) is 11.3 Å². The van der Waals surface area contributed by atoms with E-state index >= 15 is 0 Å². The summed E-state index contributed by atoms with van der Waals surface area (Å²) in [4.78, 5) is 13.8. The Bertz CT molecular complexity index is 852. The average Bonchev–Trinajstić information content (AvgIpc) is 2.90. The number of aryl methyl sites for hydroxylation is 1. The predicted octanol–water partition coefficient (Wildman–Crippen LogP) is 5.33. The summed E-state index contributed by atoms with van der Waals surface area (Å²) < 4.78 is 0. The second kappa shape index (κ2) is 6.65. The minimum atomic E-state index is -0.147. The molecule has 1 aromatic heterocycles. The number of rotatable bonds is 2. The molecule has 0 bridgehead atoms. The molecule has 1 aromatic carbocycles. The minimum Gasteiger partial charge on any atom is -0.312 e. The normalized spacial score (nSPS) is 16.8. The van der Waals surface area contributed by atoms with Crippen molar-refractivity contribution in [3.63, 3.8) is 0 Å². The van der Waals surface area contributed by atoms with Crippen LogP contribution in [-0.4, -0.2) is 5.91 Å². The molecule has 1 amide bonds. The second-order valence-electron chi connectivity index (χ2n) is 7.95. The number of carbonyl (C=O) groups excluding carboxylic acids is 1. The van der Waals surface area contributed by atoms with Gasteiger partial charge in [0.15, 0.2) is 0 Å². The number of nitriles is 1. The molecule has 1 aliphatic rings. The van der Waals surface area contributed by atoms with Gasteiger partial charge in [-0.05, 0) is 55.2 Å². The van der Waals surface area contributed by atoms with E-state index < -0.39 is 0 Å². The fraction of sp³-hybridized carbons (Fsp3) is 0.429. The second-order valence-corrected chi connectivity index (χ2v) is 9.05. The van der Waals surface area contributed by atoms with Gasteiger partial charge in [-0.3, -0.25) is 4.79 Å². The Balaban J connectivity index is 1.88. The molecule has 0 saturated heterocycles. The van der Waals surface area contributed by atoms with Gasteiger partial charge >= 0.3 is 0 Å². The van der Waals surface area contributed by atoms with E-state index in [0.717, 1.165) is 30.4 Å². The van der Waals surface area contributed by atoms with Crippen molar-refractivity contribution in [3.05, 3.63) is 51.4 Å². The van der Waals surface area contributed by atoms with Gasteiger partial charge in [0, 0.05) is 10.4 Å². The molecule has 0 radical (unpaired) electrons. The first-order chi connectivity index (χ1) is 11.8. The Hall–Kier alpha value is -2.12. The van der Waals surface area contributed by atoms with Crippen molar-refractivity contribution in [2.45, 2.75) is 47.0 Å². The van der Waals surface area contributed by atoms with Gasteiger partial charge in [-0.25, -0.2) is 0 Å². The van der Waals surface area contributed by atoms with Crippen LogP contribution in [-0.2, 0) is 12.8 Å². The fourth-order valence-corrected chi connectivity index (χ4v) is 4.77. The van der Waals surface area contributed by atoms with Crippen LogP contribution in [0.3, 0.4) is 0 Å². The maximum atomic E-state index is 12.6. The number of anilines is 1. The van der Waals surface area contributed by atoms with Gasteiger partial charge in [0.05, 0.1) is 5.56 Å². The summed E-state index contributed by atoms with van der Waals surface area (Å²) >= 11 is 1.58. The lowest BCUT2D eigenvalue weighted by Gasteiger charge is -2.33. The maximum Gasteiger partial charge on any atom is 0.256 e. The molecule has 3 rings (SSSR count). The van der Waals surface area contributed by atoms with Gasteiger partial charge in [0.2, 0.25) is 0 Å². The van der Waals surface area contributed by atoms with Crippen molar-refractivity contribution in [1.82, 2.24) is 0 Å². The Morgan fingerprint density at radius 2 is 2.12 bits per heavy atom.